The van der Waals surface area contributed by atoms with Crippen molar-refractivity contribution in [1.82, 2.24) is 9.97 Å². The van der Waals surface area contributed by atoms with Gasteiger partial charge in [-0.15, -0.1) is 0 Å². The van der Waals surface area contributed by atoms with Crippen molar-refractivity contribution in [2.45, 2.75) is 6.17 Å². The van der Waals surface area contributed by atoms with E-state index in [1.54, 1.807) is 18.2 Å². The molecule has 128 valence electrons. The van der Waals surface area contributed by atoms with Gasteiger partial charge in [-0.2, -0.15) is 0 Å². The summed E-state index contributed by atoms with van der Waals surface area (Å²) < 4.78 is 21.1. The summed E-state index contributed by atoms with van der Waals surface area (Å²) in [4.78, 5) is 7.79. The lowest BCUT2D eigenvalue weighted by Crippen LogP contribution is -1.98. The summed E-state index contributed by atoms with van der Waals surface area (Å²) in [6, 6.07) is 18.5. The number of hydrogen-bond acceptors (Lipinski definition) is 3. The topological polar surface area (TPSA) is 38.9 Å². The number of benzene rings is 2. The lowest BCUT2D eigenvalue weighted by atomic mass is 9.98. The van der Waals surface area contributed by atoms with E-state index in [9.17, 15) is 0 Å². The predicted molar refractivity (Wildman–Crippen MR) is 99.6 cm³/mol. The van der Waals surface area contributed by atoms with Gasteiger partial charge in [0.05, 0.1) is 0 Å². The first-order valence-corrected chi connectivity index (χ1v) is 8.44. The predicted octanol–water partition coefficient (Wildman–Crippen LogP) is 6.12. The van der Waals surface area contributed by atoms with Crippen molar-refractivity contribution >= 4 is 11.6 Å². The van der Waals surface area contributed by atoms with Gasteiger partial charge in [-0.05, 0) is 24.3 Å². The molecule has 0 radical (unpaired) electrons. The van der Waals surface area contributed by atoms with E-state index in [0.717, 1.165) is 5.56 Å². The Labute approximate surface area is 155 Å². The van der Waals surface area contributed by atoms with Crippen molar-refractivity contribution in [3.8, 4) is 22.6 Å². The van der Waals surface area contributed by atoms with Crippen LogP contribution in [0.3, 0.4) is 0 Å². The molecule has 0 saturated carbocycles. The first kappa shape index (κ1) is 16.5. The molecule has 3 nitrogen and oxygen atoms in total. The van der Waals surface area contributed by atoms with Gasteiger partial charge in [0.25, 0.3) is 0 Å². The number of furan rings is 1. The first-order chi connectivity index (χ1) is 12.7. The van der Waals surface area contributed by atoms with E-state index >= 15 is 4.39 Å². The van der Waals surface area contributed by atoms with Crippen molar-refractivity contribution in [3.05, 3.63) is 95.5 Å². The van der Waals surface area contributed by atoms with E-state index in [2.05, 4.69) is 9.97 Å². The lowest BCUT2D eigenvalue weighted by Gasteiger charge is -2.13. The third-order valence-electron chi connectivity index (χ3n) is 4.09. The van der Waals surface area contributed by atoms with Gasteiger partial charge in [0.1, 0.15) is 17.8 Å². The zero-order valence-corrected chi connectivity index (χ0v) is 14.4. The molecule has 0 saturated heterocycles. The summed E-state index contributed by atoms with van der Waals surface area (Å²) in [6.07, 6.45) is 2.92. The highest BCUT2D eigenvalue weighted by atomic mass is 35.5. The summed E-state index contributed by atoms with van der Waals surface area (Å²) in [6.45, 7) is 0. The third kappa shape index (κ3) is 3.24. The molecule has 0 aliphatic rings. The number of hydrogen-bond donors (Lipinski definition) is 0. The summed E-state index contributed by atoms with van der Waals surface area (Å²) in [7, 11) is 0. The second kappa shape index (κ2) is 7.10. The summed E-state index contributed by atoms with van der Waals surface area (Å²) in [5.74, 6) is 1.27. The number of nitrogens with zero attached hydrogens (tertiary/aromatic N) is 2. The SMILES string of the molecule is FC(c1cncnc1)c1ccc(Cl)cc1-c1ccc(-c2ccccc2)o1. The van der Waals surface area contributed by atoms with Crippen LogP contribution in [0.2, 0.25) is 5.02 Å². The summed E-state index contributed by atoms with van der Waals surface area (Å²) >= 11 is 6.15. The quantitative estimate of drug-likeness (QED) is 0.438. The molecule has 1 unspecified atom stereocenters. The van der Waals surface area contributed by atoms with Crippen LogP contribution in [0, 0.1) is 0 Å². The Morgan fingerprint density at radius 3 is 2.38 bits per heavy atom. The zero-order valence-electron chi connectivity index (χ0n) is 13.6. The fourth-order valence-electron chi connectivity index (χ4n) is 2.82. The van der Waals surface area contributed by atoms with Gasteiger partial charge < -0.3 is 4.42 Å². The highest BCUT2D eigenvalue weighted by Gasteiger charge is 2.20. The van der Waals surface area contributed by atoms with Gasteiger partial charge >= 0.3 is 0 Å². The minimum absolute atomic E-state index is 0.380. The Kier molecular flexibility index (Phi) is 4.50. The van der Waals surface area contributed by atoms with Crippen LogP contribution in [-0.4, -0.2) is 9.97 Å². The minimum atomic E-state index is -1.38. The fraction of sp³-hybridized carbons (Fsp3) is 0.0476. The molecule has 0 N–H and O–H groups in total. The maximum atomic E-state index is 15.1. The van der Waals surface area contributed by atoms with Gasteiger partial charge in [0.15, 0.2) is 6.17 Å². The highest BCUT2D eigenvalue weighted by molar-refractivity contribution is 6.30. The number of rotatable bonds is 4. The van der Waals surface area contributed by atoms with Crippen LogP contribution < -0.4 is 0 Å². The molecule has 4 rings (SSSR count). The van der Waals surface area contributed by atoms with Gasteiger partial charge in [0.2, 0.25) is 0 Å². The van der Waals surface area contributed by atoms with Gasteiger partial charge in [0, 0.05) is 39.7 Å². The molecule has 2 aromatic heterocycles. The van der Waals surface area contributed by atoms with Crippen LogP contribution in [0.4, 0.5) is 4.39 Å². The molecule has 4 aromatic rings. The maximum Gasteiger partial charge on any atom is 0.154 e. The molecule has 0 bridgehead atoms. The van der Waals surface area contributed by atoms with E-state index in [1.807, 2.05) is 42.5 Å². The minimum Gasteiger partial charge on any atom is -0.456 e. The second-order valence-electron chi connectivity index (χ2n) is 5.80. The lowest BCUT2D eigenvalue weighted by molar-refractivity contribution is 0.400. The van der Waals surface area contributed by atoms with Crippen LogP contribution in [0.1, 0.15) is 17.3 Å². The highest BCUT2D eigenvalue weighted by Crippen LogP contribution is 2.37. The monoisotopic (exact) mass is 364 g/mol. The van der Waals surface area contributed by atoms with Crippen LogP contribution in [0.25, 0.3) is 22.6 Å². The van der Waals surface area contributed by atoms with Crippen molar-refractivity contribution in [2.24, 2.45) is 0 Å². The van der Waals surface area contributed by atoms with E-state index in [-0.39, 0.29) is 0 Å². The Bertz CT molecular complexity index is 1020. The van der Waals surface area contributed by atoms with E-state index in [0.29, 0.717) is 33.2 Å². The Balaban J connectivity index is 1.77. The molecule has 0 aliphatic heterocycles. The molecule has 5 heteroatoms. The fourth-order valence-corrected chi connectivity index (χ4v) is 3.00. The van der Waals surface area contributed by atoms with Crippen molar-refractivity contribution in [2.75, 3.05) is 0 Å². The summed E-state index contributed by atoms with van der Waals surface area (Å²) in [5.41, 5.74) is 2.40. The van der Waals surface area contributed by atoms with Crippen molar-refractivity contribution in [1.29, 1.82) is 0 Å². The van der Waals surface area contributed by atoms with Gasteiger partial charge in [-0.1, -0.05) is 48.0 Å². The molecular formula is C21H14ClFN2O. The van der Waals surface area contributed by atoms with E-state index in [4.69, 9.17) is 16.0 Å². The average Bonchev–Trinajstić information content (AvgIpc) is 3.19. The molecule has 2 aromatic carbocycles. The molecule has 2 heterocycles. The average molecular weight is 365 g/mol. The molecule has 0 spiro atoms. The molecular weight excluding hydrogens is 351 g/mol. The normalized spacial score (nSPS) is 12.1. The maximum absolute atomic E-state index is 15.1. The van der Waals surface area contributed by atoms with E-state index in [1.165, 1.54) is 18.7 Å². The Morgan fingerprint density at radius 2 is 1.62 bits per heavy atom. The number of aromatic nitrogens is 2. The molecule has 26 heavy (non-hydrogen) atoms. The smallest absolute Gasteiger partial charge is 0.154 e. The third-order valence-corrected chi connectivity index (χ3v) is 4.33. The Morgan fingerprint density at radius 1 is 0.885 bits per heavy atom. The molecule has 0 fully saturated rings. The van der Waals surface area contributed by atoms with Gasteiger partial charge in [-0.25, -0.2) is 14.4 Å². The molecule has 1 atom stereocenters. The number of alkyl halides is 1. The Hall–Kier alpha value is -2.98. The van der Waals surface area contributed by atoms with Crippen molar-refractivity contribution < 1.29 is 8.81 Å². The van der Waals surface area contributed by atoms with Crippen LogP contribution >= 0.6 is 11.6 Å². The molecule has 0 amide bonds. The van der Waals surface area contributed by atoms with Gasteiger partial charge in [-0.3, -0.25) is 0 Å². The zero-order chi connectivity index (χ0) is 17.9. The van der Waals surface area contributed by atoms with Crippen molar-refractivity contribution in [3.63, 3.8) is 0 Å². The van der Waals surface area contributed by atoms with E-state index < -0.39 is 6.17 Å². The van der Waals surface area contributed by atoms with Crippen LogP contribution in [-0.2, 0) is 0 Å². The standard InChI is InChI=1S/C21H14ClFN2O/c22-16-6-7-17(21(23)15-11-24-13-25-12-15)18(10-16)20-9-8-19(26-20)14-4-2-1-3-5-14/h1-13,21H. The largest absolute Gasteiger partial charge is 0.456 e. The first-order valence-electron chi connectivity index (χ1n) is 8.06. The number of halogens is 2. The molecule has 0 aliphatic carbocycles. The van der Waals surface area contributed by atoms with Crippen LogP contribution in [0.5, 0.6) is 0 Å². The van der Waals surface area contributed by atoms with Crippen LogP contribution in [0.15, 0.2) is 83.8 Å². The summed E-state index contributed by atoms with van der Waals surface area (Å²) in [5, 5.41) is 0.512. The second-order valence-corrected chi connectivity index (χ2v) is 6.23.